The molecular weight excluding hydrogens is 140 g/mol. The van der Waals surface area contributed by atoms with E-state index in [4.69, 9.17) is 16.7 Å². The van der Waals surface area contributed by atoms with Crippen molar-refractivity contribution in [2.45, 2.75) is 5.89 Å². The van der Waals surface area contributed by atoms with Crippen LogP contribution in [0.5, 0.6) is 0 Å². The first-order valence-electron chi connectivity index (χ1n) is 6.89. The van der Waals surface area contributed by atoms with Gasteiger partial charge in [0, 0.05) is 19.1 Å². The molecule has 1 aliphatic heterocycles. The third-order valence-corrected chi connectivity index (χ3v) is 1.15. The van der Waals surface area contributed by atoms with E-state index in [1.165, 1.54) is 0 Å². The minimum Gasteiger partial charge on any atom is -0.399 e. The fourth-order valence-corrected chi connectivity index (χ4v) is 0.648. The Morgan fingerprint density at radius 1 is 1.91 bits per heavy atom. The molecule has 3 heteroatoms. The Balaban J connectivity index is 2.72. The molecule has 2 rings (SSSR count). The monoisotopic (exact) mass is 158 g/mol. The fraction of sp³-hybridized carbons (Fsp3) is 0.375. The molecule has 0 atom stereocenters. The molecule has 0 radical (unpaired) electrons. The summed E-state index contributed by atoms with van der Waals surface area (Å²) < 4.78 is 64.6. The van der Waals surface area contributed by atoms with E-state index in [1.54, 1.807) is 0 Å². The fourth-order valence-electron chi connectivity index (χ4n) is 0.648. The zero-order valence-corrected chi connectivity index (χ0v) is 5.43. The van der Waals surface area contributed by atoms with Crippen LogP contribution in [0.1, 0.15) is 22.6 Å². The van der Waals surface area contributed by atoms with E-state index < -0.39 is 48.7 Å². The Morgan fingerprint density at radius 2 is 2.73 bits per heavy atom. The largest absolute Gasteiger partial charge is 0.399 e. The molecule has 0 amide bonds. The smallest absolute Gasteiger partial charge is 0.0841 e. The van der Waals surface area contributed by atoms with E-state index in [2.05, 4.69) is 9.72 Å². The molecule has 1 fully saturated rings. The number of nitrogen functional groups attached to an aromatic ring is 1. The van der Waals surface area contributed by atoms with E-state index in [9.17, 15) is 0 Å². The molecule has 1 aliphatic rings. The van der Waals surface area contributed by atoms with Crippen molar-refractivity contribution in [1.82, 2.24) is 4.98 Å². The van der Waals surface area contributed by atoms with E-state index in [0.29, 0.717) is 0 Å². The van der Waals surface area contributed by atoms with Gasteiger partial charge in [-0.05, 0) is 12.1 Å². The van der Waals surface area contributed by atoms with Gasteiger partial charge in [-0.15, -0.1) is 0 Å². The van der Waals surface area contributed by atoms with E-state index >= 15 is 0 Å². The van der Waals surface area contributed by atoms with E-state index in [0.717, 1.165) is 0 Å². The third-order valence-electron chi connectivity index (χ3n) is 1.15. The molecule has 0 aliphatic carbocycles. The van der Waals surface area contributed by atoms with Crippen LogP contribution in [0.4, 0.5) is 5.69 Å². The lowest BCUT2D eigenvalue weighted by molar-refractivity contribution is 0.00674. The average molecular weight is 158 g/mol. The van der Waals surface area contributed by atoms with Gasteiger partial charge in [-0.3, -0.25) is 4.98 Å². The van der Waals surface area contributed by atoms with Crippen molar-refractivity contribution in [3.63, 3.8) is 0 Å². The van der Waals surface area contributed by atoms with Crippen molar-refractivity contribution >= 4 is 5.69 Å². The van der Waals surface area contributed by atoms with Gasteiger partial charge in [0.2, 0.25) is 0 Å². The van der Waals surface area contributed by atoms with Crippen LogP contribution in [0, 0.1) is 0 Å². The molecular formula is C8H10N2O. The van der Waals surface area contributed by atoms with Crippen LogP contribution >= 0.6 is 0 Å². The lowest BCUT2D eigenvalue weighted by atomic mass is 10.0. The number of rotatable bonds is 1. The van der Waals surface area contributed by atoms with Crippen LogP contribution in [0.15, 0.2) is 18.3 Å². The Morgan fingerprint density at radius 3 is 3.45 bits per heavy atom. The molecule has 1 aromatic heterocycles. The quantitative estimate of drug-likeness (QED) is 0.657. The maximum absolute atomic E-state index is 7.96. The number of hydrogen-bond donors (Lipinski definition) is 1. The Labute approximate surface area is 76.4 Å². The molecule has 58 valence electrons. The van der Waals surface area contributed by atoms with Crippen LogP contribution < -0.4 is 5.73 Å². The van der Waals surface area contributed by atoms with Gasteiger partial charge in [-0.2, -0.15) is 0 Å². The minimum absolute atomic E-state index is 0.444. The van der Waals surface area contributed by atoms with Crippen LogP contribution in [0.2, 0.25) is 0 Å². The summed E-state index contributed by atoms with van der Waals surface area (Å²) in [7, 11) is 0. The van der Waals surface area contributed by atoms with Crippen LogP contribution in [0.25, 0.3) is 0 Å². The minimum atomic E-state index is -2.71. The first-order valence-corrected chi connectivity index (χ1v) is 2.89. The predicted molar refractivity (Wildman–Crippen MR) is 42.2 cm³/mol. The summed E-state index contributed by atoms with van der Waals surface area (Å²) in [5.74, 6) is -2.62. The summed E-state index contributed by atoms with van der Waals surface area (Å²) in [4.78, 5) is 3.48. The van der Waals surface area contributed by atoms with Gasteiger partial charge in [0.1, 0.15) is 0 Å². The second-order valence-electron chi connectivity index (χ2n) is 1.92. The molecule has 0 saturated carbocycles. The topological polar surface area (TPSA) is 48.1 Å². The maximum Gasteiger partial charge on any atom is 0.0841 e. The number of aromatic nitrogens is 1. The SMILES string of the molecule is [2H]c1nc(C2([2H])C([2H])([2H])OC2([2H])[2H])c([2H])c(N)c1[2H]. The second kappa shape index (κ2) is 2.51. The molecule has 3 nitrogen and oxygen atoms in total. The lowest BCUT2D eigenvalue weighted by Gasteiger charge is -2.25. The summed E-state index contributed by atoms with van der Waals surface area (Å²) in [6.07, 6.45) is -0.645. The highest BCUT2D eigenvalue weighted by molar-refractivity contribution is 5.38. The molecule has 1 aromatic rings. The van der Waals surface area contributed by atoms with Crippen LogP contribution in [-0.2, 0) is 4.74 Å². The number of pyridine rings is 1. The van der Waals surface area contributed by atoms with E-state index in [-0.39, 0.29) is 0 Å². The highest BCUT2D eigenvalue weighted by Gasteiger charge is 2.21. The van der Waals surface area contributed by atoms with Crippen molar-refractivity contribution in [2.24, 2.45) is 0 Å². The Bertz CT molecular complexity index is 546. The number of anilines is 1. The highest BCUT2D eigenvalue weighted by Crippen LogP contribution is 2.22. The molecule has 0 aromatic carbocycles. The molecule has 0 bridgehead atoms. The normalized spacial score (nSPS) is 40.4. The number of nitrogens with two attached hydrogens (primary N) is 1. The number of hydrogen-bond acceptors (Lipinski definition) is 3. The van der Waals surface area contributed by atoms with E-state index in [1.807, 2.05) is 0 Å². The van der Waals surface area contributed by atoms with Crippen molar-refractivity contribution in [1.29, 1.82) is 0 Å². The summed E-state index contributed by atoms with van der Waals surface area (Å²) in [6, 6.07) is -1.15. The molecule has 2 heterocycles. The molecule has 11 heavy (non-hydrogen) atoms. The van der Waals surface area contributed by atoms with Crippen molar-refractivity contribution < 1.29 is 15.7 Å². The Hall–Kier alpha value is -1.09. The molecule has 2 N–H and O–H groups in total. The predicted octanol–water partition coefficient (Wildman–Crippen LogP) is 0.778. The summed E-state index contributed by atoms with van der Waals surface area (Å²) in [6.45, 7) is -5.41. The summed E-state index contributed by atoms with van der Waals surface area (Å²) in [5.41, 5.74) is 4.34. The molecule has 1 saturated heterocycles. The third kappa shape index (κ3) is 1.19. The van der Waals surface area contributed by atoms with Gasteiger partial charge in [0.25, 0.3) is 0 Å². The Kier molecular flexibility index (Phi) is 0.502. The lowest BCUT2D eigenvalue weighted by Crippen LogP contribution is -2.25. The summed E-state index contributed by atoms with van der Waals surface area (Å²) in [5, 5.41) is 0. The van der Waals surface area contributed by atoms with Gasteiger partial charge >= 0.3 is 0 Å². The van der Waals surface area contributed by atoms with Gasteiger partial charge in [0.15, 0.2) is 0 Å². The standard InChI is InChI=1S/C8H10N2O/c9-7-1-2-10-8(3-7)6-4-11-5-6/h1-3,6H,4-5H2,(H2,9,10)/i1D,2D,3D,4D2,5D2,6D. The van der Waals surface area contributed by atoms with Crippen LogP contribution in [0.3, 0.4) is 0 Å². The van der Waals surface area contributed by atoms with Gasteiger partial charge in [0.05, 0.1) is 28.4 Å². The highest BCUT2D eigenvalue weighted by atomic mass is 16.5. The average Bonchev–Trinajstić information content (AvgIpc) is 2.28. The molecule has 0 spiro atoms. The van der Waals surface area contributed by atoms with Crippen molar-refractivity contribution in [3.8, 4) is 0 Å². The van der Waals surface area contributed by atoms with Gasteiger partial charge in [-0.1, -0.05) is 0 Å². The summed E-state index contributed by atoms with van der Waals surface area (Å²) >= 11 is 0. The second-order valence-corrected chi connectivity index (χ2v) is 1.92. The van der Waals surface area contributed by atoms with Gasteiger partial charge < -0.3 is 10.5 Å². The maximum atomic E-state index is 7.96. The first-order chi connectivity index (χ1) is 8.46. The first kappa shape index (κ1) is 2.20. The number of nitrogens with zero attached hydrogens (tertiary/aromatic N) is 1. The zero-order valence-electron chi connectivity index (χ0n) is 13.4. The number of ether oxygens (including phenoxy) is 1. The van der Waals surface area contributed by atoms with Crippen molar-refractivity contribution in [2.75, 3.05) is 18.9 Å². The molecule has 0 unspecified atom stereocenters. The van der Waals surface area contributed by atoms with Crippen LogP contribution in [-0.4, -0.2) is 18.1 Å². The zero-order chi connectivity index (χ0) is 14.8. The van der Waals surface area contributed by atoms with Gasteiger partial charge in [-0.25, -0.2) is 0 Å². The van der Waals surface area contributed by atoms with Crippen molar-refractivity contribution in [3.05, 3.63) is 24.0 Å².